The molecule has 6 saturated heterocycles. The zero-order valence-corrected chi connectivity index (χ0v) is 45.2. The van der Waals surface area contributed by atoms with Gasteiger partial charge in [0.05, 0.1) is 0 Å². The van der Waals surface area contributed by atoms with Crippen LogP contribution in [0.25, 0.3) is 0 Å². The number of hydrogen-bond acceptors (Lipinski definition) is 12. The summed E-state index contributed by atoms with van der Waals surface area (Å²) < 4.78 is 92.2. The Bertz CT molecular complexity index is 991. The van der Waals surface area contributed by atoms with Crippen LogP contribution in [0.5, 0.6) is 0 Å². The van der Waals surface area contributed by atoms with Gasteiger partial charge in [0.2, 0.25) is 0 Å². The third-order valence-electron chi connectivity index (χ3n) is 14.4. The highest BCUT2D eigenvalue weighted by molar-refractivity contribution is 4.90. The van der Waals surface area contributed by atoms with Gasteiger partial charge in [0.1, 0.15) is 0 Å². The van der Waals surface area contributed by atoms with Crippen LogP contribution >= 0.6 is 0 Å². The second-order valence-corrected chi connectivity index (χ2v) is 21.2. The van der Waals surface area contributed by atoms with Crippen molar-refractivity contribution >= 4 is 0 Å². The van der Waals surface area contributed by atoms with E-state index in [1.807, 2.05) is 0 Å². The lowest BCUT2D eigenvalue weighted by molar-refractivity contribution is -0.793. The van der Waals surface area contributed by atoms with Crippen molar-refractivity contribution in [1.82, 2.24) is 0 Å². The maximum absolute atomic E-state index is 7.68. The average molecular weight is 969 g/mol. The molecule has 0 aromatic heterocycles. The monoisotopic (exact) mass is 969 g/mol. The van der Waals surface area contributed by atoms with Gasteiger partial charge in [0.15, 0.2) is 0 Å². The lowest BCUT2D eigenvalue weighted by Crippen LogP contribution is -2.79. The van der Waals surface area contributed by atoms with E-state index in [9.17, 15) is 0 Å². The lowest BCUT2D eigenvalue weighted by atomic mass is 10.1. The van der Waals surface area contributed by atoms with Crippen molar-refractivity contribution in [1.29, 1.82) is 0 Å². The van der Waals surface area contributed by atoms with Crippen LogP contribution in [0.2, 0.25) is 0 Å². The van der Waals surface area contributed by atoms with Crippen molar-refractivity contribution in [2.24, 2.45) is 0 Å². The van der Waals surface area contributed by atoms with Gasteiger partial charge < -0.3 is 0 Å². The molecule has 68 heavy (non-hydrogen) atoms. The van der Waals surface area contributed by atoms with Crippen molar-refractivity contribution in [2.45, 2.75) is 360 Å². The summed E-state index contributed by atoms with van der Waals surface area (Å²) in [5.41, 5.74) is 0. The highest BCUT2D eigenvalue weighted by atomic mass is 17.2. The summed E-state index contributed by atoms with van der Waals surface area (Å²) in [6.45, 7) is 17.8. The molecule has 0 N–H and O–H groups in total. The quantitative estimate of drug-likeness (QED) is 0.0545. The van der Waals surface area contributed by atoms with E-state index in [2.05, 4.69) is 55.4 Å². The molecule has 12 nitrogen and oxygen atoms in total. The van der Waals surface area contributed by atoms with Gasteiger partial charge in [0.25, 0.3) is 47.8 Å². The second-order valence-electron chi connectivity index (χ2n) is 21.2. The van der Waals surface area contributed by atoms with E-state index < -0.39 is 47.8 Å². The standard InChI is InChI=1S/C56H104O12/c1-9-17-25-33-41-49-57-50(42-34-26-18-10-2)60-53(45-37-29-21-13-5)62-51(58-49,43-35-27-19-11-3)64-55(47-39-31-23-15-7)65-52(59-49,44-36-28-20-12-4)63-54(61-50,46-38-30-22-14-6)67-56(66-53,68-55)48-40-32-24-16-8/h9-48H2,1-8H3. The van der Waals surface area contributed by atoms with Crippen molar-refractivity contribution in [2.75, 3.05) is 0 Å². The van der Waals surface area contributed by atoms with Crippen molar-refractivity contribution in [3.05, 3.63) is 0 Å². The largest absolute Gasteiger partial charge is 0.295 e. The van der Waals surface area contributed by atoms with E-state index in [0.717, 1.165) is 205 Å². The molecule has 0 saturated carbocycles. The number of unbranched alkanes of at least 4 members (excludes halogenated alkanes) is 24. The van der Waals surface area contributed by atoms with Gasteiger partial charge in [-0.3, -0.25) is 56.8 Å². The molecular formula is C56H104O12. The first-order valence-electron chi connectivity index (χ1n) is 29.4. The molecule has 6 aliphatic heterocycles. The Morgan fingerprint density at radius 3 is 0.338 bits per heavy atom. The van der Waals surface area contributed by atoms with E-state index in [4.69, 9.17) is 56.8 Å². The average Bonchev–Trinajstić information content (AvgIpc) is 3.28. The molecule has 0 amide bonds. The first kappa shape index (κ1) is 58.4. The minimum Gasteiger partial charge on any atom is -0.269 e. The van der Waals surface area contributed by atoms with Gasteiger partial charge in [-0.25, -0.2) is 0 Å². The molecule has 12 heteroatoms. The third kappa shape index (κ3) is 16.8. The zero-order chi connectivity index (χ0) is 48.8. The highest BCUT2D eigenvalue weighted by Gasteiger charge is 2.76. The van der Waals surface area contributed by atoms with Crippen LogP contribution in [-0.4, -0.2) is 47.8 Å². The van der Waals surface area contributed by atoms with Gasteiger partial charge in [-0.05, 0) is 51.4 Å². The summed E-state index contributed by atoms with van der Waals surface area (Å²) in [6, 6.07) is 0. The maximum Gasteiger partial charge on any atom is 0.295 e. The molecule has 0 aromatic rings. The number of rotatable bonds is 40. The van der Waals surface area contributed by atoms with Crippen molar-refractivity contribution in [3.8, 4) is 0 Å². The van der Waals surface area contributed by atoms with Crippen molar-refractivity contribution in [3.63, 3.8) is 0 Å². The van der Waals surface area contributed by atoms with Crippen LogP contribution in [-0.2, 0) is 56.8 Å². The smallest absolute Gasteiger partial charge is 0.269 e. The third-order valence-corrected chi connectivity index (χ3v) is 14.4. The summed E-state index contributed by atoms with van der Waals surface area (Å²) >= 11 is 0. The van der Waals surface area contributed by atoms with Crippen LogP contribution in [0.15, 0.2) is 0 Å². The normalized spacial score (nSPS) is 34.2. The summed E-state index contributed by atoms with van der Waals surface area (Å²) in [5.74, 6) is -14.9. The summed E-state index contributed by atoms with van der Waals surface area (Å²) in [7, 11) is 0. The second kappa shape index (κ2) is 28.8. The molecule has 8 bridgehead atoms. The van der Waals surface area contributed by atoms with Crippen LogP contribution in [0.4, 0.5) is 0 Å². The molecule has 0 radical (unpaired) electrons. The fourth-order valence-corrected chi connectivity index (χ4v) is 10.7. The Labute approximate surface area is 415 Å². The molecule has 6 fully saturated rings. The van der Waals surface area contributed by atoms with Gasteiger partial charge in [0, 0.05) is 51.4 Å². The summed E-state index contributed by atoms with van der Waals surface area (Å²) in [6.07, 6.45) is 32.9. The predicted octanol–water partition coefficient (Wildman–Crippen LogP) is 17.2. The molecule has 0 aromatic carbocycles. The summed E-state index contributed by atoms with van der Waals surface area (Å²) in [4.78, 5) is 0. The first-order valence-corrected chi connectivity index (χ1v) is 29.4. The Kier molecular flexibility index (Phi) is 24.8. The number of hydrogen-bond donors (Lipinski definition) is 0. The van der Waals surface area contributed by atoms with E-state index in [0.29, 0.717) is 51.4 Å². The molecule has 0 atom stereocenters. The Morgan fingerprint density at radius 1 is 0.147 bits per heavy atom. The molecule has 6 heterocycles. The van der Waals surface area contributed by atoms with Crippen LogP contribution in [0.1, 0.15) is 312 Å². The van der Waals surface area contributed by atoms with Gasteiger partial charge in [-0.15, -0.1) is 0 Å². The molecule has 0 spiro atoms. The Morgan fingerprint density at radius 2 is 0.250 bits per heavy atom. The van der Waals surface area contributed by atoms with Gasteiger partial charge in [-0.1, -0.05) is 209 Å². The van der Waals surface area contributed by atoms with Crippen LogP contribution < -0.4 is 0 Å². The van der Waals surface area contributed by atoms with Crippen molar-refractivity contribution < 1.29 is 56.8 Å². The van der Waals surface area contributed by atoms with E-state index in [1.165, 1.54) is 0 Å². The predicted molar refractivity (Wildman–Crippen MR) is 265 cm³/mol. The van der Waals surface area contributed by atoms with Gasteiger partial charge >= 0.3 is 0 Å². The number of ether oxygens (including phenoxy) is 12. The molecular weight excluding hydrogens is 865 g/mol. The van der Waals surface area contributed by atoms with Gasteiger partial charge in [-0.2, -0.15) is 0 Å². The van der Waals surface area contributed by atoms with E-state index in [-0.39, 0.29) is 0 Å². The first-order chi connectivity index (χ1) is 33.0. The lowest BCUT2D eigenvalue weighted by Gasteiger charge is -2.66. The molecule has 400 valence electrons. The maximum atomic E-state index is 7.68. The fourth-order valence-electron chi connectivity index (χ4n) is 10.7. The van der Waals surface area contributed by atoms with E-state index in [1.54, 1.807) is 0 Å². The van der Waals surface area contributed by atoms with E-state index >= 15 is 0 Å². The molecule has 0 unspecified atom stereocenters. The summed E-state index contributed by atoms with van der Waals surface area (Å²) in [5, 5.41) is 0. The minimum atomic E-state index is -1.86. The minimum absolute atomic E-state index is 0.323. The molecule has 0 aliphatic carbocycles. The molecule has 6 rings (SSSR count). The molecule has 6 aliphatic rings. The fraction of sp³-hybridized carbons (Fsp3) is 1.00. The Hall–Kier alpha value is -0.480. The van der Waals surface area contributed by atoms with Crippen LogP contribution in [0.3, 0.4) is 0 Å². The van der Waals surface area contributed by atoms with Crippen LogP contribution in [0, 0.1) is 0 Å². The topological polar surface area (TPSA) is 111 Å². The Balaban J connectivity index is 1.86. The highest BCUT2D eigenvalue weighted by Crippen LogP contribution is 2.62. The SMILES string of the molecule is CCCCCCC12OC3(CCCCCC)OC4(CCCCCC)OC(CCCCCC)(O1)OC1(CCCCCC)OC(CCCCCC)(O2)OC(CCCCCC)(O3)OC(CCCCCC)(O4)O1. The zero-order valence-electron chi connectivity index (χ0n) is 45.2.